The number of nitriles is 1. The van der Waals surface area contributed by atoms with E-state index in [1.165, 1.54) is 19.4 Å². The Morgan fingerprint density at radius 3 is 2.50 bits per heavy atom. The smallest absolute Gasteiger partial charge is 0.0621 e. The fourth-order valence-corrected chi connectivity index (χ4v) is 1.59. The summed E-state index contributed by atoms with van der Waals surface area (Å²) in [4.78, 5) is 2.22. The van der Waals surface area contributed by atoms with E-state index in [2.05, 4.69) is 44.2 Å². The topological polar surface area (TPSA) is 39.1 Å². The van der Waals surface area contributed by atoms with Crippen molar-refractivity contribution in [1.82, 2.24) is 10.2 Å². The Labute approximate surface area is 101 Å². The van der Waals surface area contributed by atoms with Crippen molar-refractivity contribution in [3.05, 3.63) is 0 Å². The summed E-state index contributed by atoms with van der Waals surface area (Å²) in [5.41, 5.74) is 0.247. The van der Waals surface area contributed by atoms with E-state index >= 15 is 0 Å². The molecule has 16 heavy (non-hydrogen) atoms. The second-order valence-electron chi connectivity index (χ2n) is 5.51. The second-order valence-corrected chi connectivity index (χ2v) is 5.51. The summed E-state index contributed by atoms with van der Waals surface area (Å²) >= 11 is 0. The van der Waals surface area contributed by atoms with Gasteiger partial charge in [-0.15, -0.1) is 0 Å². The van der Waals surface area contributed by atoms with Crippen LogP contribution in [0.3, 0.4) is 0 Å². The second kappa shape index (κ2) is 8.55. The van der Waals surface area contributed by atoms with E-state index in [0.717, 1.165) is 19.5 Å². The summed E-state index contributed by atoms with van der Waals surface area (Å²) in [7, 11) is 4.22. The first-order chi connectivity index (χ1) is 7.48. The molecule has 0 aliphatic rings. The molecule has 3 heteroatoms. The van der Waals surface area contributed by atoms with E-state index in [9.17, 15) is 0 Å². The van der Waals surface area contributed by atoms with Crippen molar-refractivity contribution in [3.8, 4) is 6.07 Å². The Morgan fingerprint density at radius 2 is 1.94 bits per heavy atom. The molecule has 0 aliphatic heterocycles. The zero-order valence-corrected chi connectivity index (χ0v) is 11.3. The predicted octanol–water partition coefficient (Wildman–Crippen LogP) is 2.25. The number of nitrogens with one attached hydrogen (secondary N) is 1. The lowest BCUT2D eigenvalue weighted by Gasteiger charge is -2.23. The van der Waals surface area contributed by atoms with Gasteiger partial charge in [0.15, 0.2) is 0 Å². The van der Waals surface area contributed by atoms with E-state index in [-0.39, 0.29) is 5.41 Å². The van der Waals surface area contributed by atoms with Gasteiger partial charge in [0.05, 0.1) is 6.07 Å². The van der Waals surface area contributed by atoms with Crippen LogP contribution in [0.1, 0.15) is 39.5 Å². The van der Waals surface area contributed by atoms with Crippen molar-refractivity contribution in [3.63, 3.8) is 0 Å². The van der Waals surface area contributed by atoms with Crippen molar-refractivity contribution in [2.24, 2.45) is 5.41 Å². The summed E-state index contributed by atoms with van der Waals surface area (Å²) in [6.07, 6.45) is 4.12. The summed E-state index contributed by atoms with van der Waals surface area (Å²) in [6, 6.07) is 2.21. The Bertz CT molecular complexity index is 204. The van der Waals surface area contributed by atoms with E-state index in [1.807, 2.05) is 0 Å². The van der Waals surface area contributed by atoms with Crippen LogP contribution in [-0.4, -0.2) is 38.6 Å². The Morgan fingerprint density at radius 1 is 1.25 bits per heavy atom. The van der Waals surface area contributed by atoms with Crippen LogP contribution in [0.4, 0.5) is 0 Å². The normalized spacial score (nSPS) is 11.8. The van der Waals surface area contributed by atoms with Crippen molar-refractivity contribution in [1.29, 1.82) is 5.26 Å². The van der Waals surface area contributed by atoms with E-state index in [4.69, 9.17) is 5.26 Å². The molecule has 0 amide bonds. The Balaban J connectivity index is 3.40. The first kappa shape index (κ1) is 15.4. The molecule has 0 saturated carbocycles. The van der Waals surface area contributed by atoms with E-state index < -0.39 is 0 Å². The van der Waals surface area contributed by atoms with Gasteiger partial charge in [-0.2, -0.15) is 5.26 Å². The zero-order valence-electron chi connectivity index (χ0n) is 11.3. The number of hydrogen-bond acceptors (Lipinski definition) is 3. The largest absolute Gasteiger partial charge is 0.316 e. The van der Waals surface area contributed by atoms with Gasteiger partial charge in [0, 0.05) is 13.0 Å². The monoisotopic (exact) mass is 225 g/mol. The SMILES string of the molecule is CN(C)CCCCNCC(C)(C)CCC#N. The molecule has 0 unspecified atom stereocenters. The minimum absolute atomic E-state index is 0.247. The molecule has 0 aromatic rings. The zero-order chi connectivity index (χ0) is 12.4. The molecule has 0 fully saturated rings. The number of unbranched alkanes of at least 4 members (excludes halogenated alkanes) is 1. The van der Waals surface area contributed by atoms with Gasteiger partial charge in [0.2, 0.25) is 0 Å². The molecule has 0 radical (unpaired) electrons. The molecular weight excluding hydrogens is 198 g/mol. The lowest BCUT2D eigenvalue weighted by atomic mass is 9.88. The molecule has 1 N–H and O–H groups in total. The fourth-order valence-electron chi connectivity index (χ4n) is 1.59. The molecule has 0 spiro atoms. The highest BCUT2D eigenvalue weighted by atomic mass is 15.0. The van der Waals surface area contributed by atoms with Crippen molar-refractivity contribution in [2.75, 3.05) is 33.7 Å². The molecule has 0 aromatic heterocycles. The van der Waals surface area contributed by atoms with Gasteiger partial charge in [-0.3, -0.25) is 0 Å². The fraction of sp³-hybridized carbons (Fsp3) is 0.923. The molecule has 0 aromatic carbocycles. The molecular formula is C13H27N3. The summed E-state index contributed by atoms with van der Waals surface area (Å²) in [5, 5.41) is 12.0. The van der Waals surface area contributed by atoms with Gasteiger partial charge in [-0.1, -0.05) is 13.8 Å². The van der Waals surface area contributed by atoms with Crippen LogP contribution in [0, 0.1) is 16.7 Å². The highest BCUT2D eigenvalue weighted by molar-refractivity contribution is 4.78. The summed E-state index contributed by atoms with van der Waals surface area (Å²) < 4.78 is 0. The highest BCUT2D eigenvalue weighted by Gasteiger charge is 2.16. The van der Waals surface area contributed by atoms with Crippen molar-refractivity contribution < 1.29 is 0 Å². The minimum atomic E-state index is 0.247. The predicted molar refractivity (Wildman–Crippen MR) is 69.3 cm³/mol. The quantitative estimate of drug-likeness (QED) is 0.612. The Kier molecular flexibility index (Phi) is 8.23. The molecule has 94 valence electrons. The van der Waals surface area contributed by atoms with Crippen LogP contribution in [0.15, 0.2) is 0 Å². The number of hydrogen-bond donors (Lipinski definition) is 1. The third kappa shape index (κ3) is 9.95. The third-order valence-corrected chi connectivity index (χ3v) is 2.73. The Hall–Kier alpha value is -0.590. The van der Waals surface area contributed by atoms with Gasteiger partial charge >= 0.3 is 0 Å². The van der Waals surface area contributed by atoms with Gasteiger partial charge in [-0.25, -0.2) is 0 Å². The first-order valence-corrected chi connectivity index (χ1v) is 6.20. The molecule has 0 rings (SSSR count). The van der Waals surface area contributed by atoms with Crippen LogP contribution in [0.25, 0.3) is 0 Å². The lowest BCUT2D eigenvalue weighted by Crippen LogP contribution is -2.30. The molecule has 3 nitrogen and oxygen atoms in total. The average molecular weight is 225 g/mol. The molecule has 0 aliphatic carbocycles. The third-order valence-electron chi connectivity index (χ3n) is 2.73. The maximum Gasteiger partial charge on any atom is 0.0621 e. The van der Waals surface area contributed by atoms with Gasteiger partial charge in [0.25, 0.3) is 0 Å². The van der Waals surface area contributed by atoms with Crippen LogP contribution in [0.2, 0.25) is 0 Å². The van der Waals surface area contributed by atoms with Crippen LogP contribution in [-0.2, 0) is 0 Å². The van der Waals surface area contributed by atoms with E-state index in [0.29, 0.717) is 6.42 Å². The summed E-state index contributed by atoms with van der Waals surface area (Å²) in [5.74, 6) is 0. The van der Waals surface area contributed by atoms with Crippen LogP contribution < -0.4 is 5.32 Å². The van der Waals surface area contributed by atoms with Crippen LogP contribution >= 0.6 is 0 Å². The van der Waals surface area contributed by atoms with Gasteiger partial charge < -0.3 is 10.2 Å². The molecule has 0 atom stereocenters. The highest BCUT2D eigenvalue weighted by Crippen LogP contribution is 2.20. The maximum absolute atomic E-state index is 8.55. The van der Waals surface area contributed by atoms with Crippen molar-refractivity contribution >= 4 is 0 Å². The molecule has 0 saturated heterocycles. The standard InChI is InChI=1S/C13H27N3/c1-13(2,8-7-9-14)12-15-10-5-6-11-16(3)4/h15H,5-8,10-12H2,1-4H3. The van der Waals surface area contributed by atoms with Gasteiger partial charge in [-0.05, 0) is 51.9 Å². The number of rotatable bonds is 9. The summed E-state index contributed by atoms with van der Waals surface area (Å²) in [6.45, 7) is 7.70. The number of nitrogens with zero attached hydrogens (tertiary/aromatic N) is 2. The van der Waals surface area contributed by atoms with Crippen LogP contribution in [0.5, 0.6) is 0 Å². The van der Waals surface area contributed by atoms with Gasteiger partial charge in [0.1, 0.15) is 0 Å². The lowest BCUT2D eigenvalue weighted by molar-refractivity contribution is 0.314. The molecule has 0 bridgehead atoms. The van der Waals surface area contributed by atoms with E-state index in [1.54, 1.807) is 0 Å². The minimum Gasteiger partial charge on any atom is -0.316 e. The molecule has 0 heterocycles. The first-order valence-electron chi connectivity index (χ1n) is 6.20. The van der Waals surface area contributed by atoms with Crippen molar-refractivity contribution in [2.45, 2.75) is 39.5 Å². The maximum atomic E-state index is 8.55. The average Bonchev–Trinajstić information content (AvgIpc) is 2.20.